The number of carbonyl (C=O) groups excluding carboxylic acids is 2. The first kappa shape index (κ1) is 23.2. The van der Waals surface area contributed by atoms with Crippen molar-refractivity contribution in [2.75, 3.05) is 19.6 Å². The Bertz CT molecular complexity index is 724. The number of aryl methyl sites for hydroxylation is 1. The number of nitrogens with zero attached hydrogens (tertiary/aromatic N) is 1. The van der Waals surface area contributed by atoms with Gasteiger partial charge >= 0.3 is 0 Å². The average molecular weight is 399 g/mol. The molecule has 7 nitrogen and oxygen atoms in total. The van der Waals surface area contributed by atoms with E-state index >= 15 is 0 Å². The van der Waals surface area contributed by atoms with Crippen LogP contribution in [0.5, 0.6) is 0 Å². The van der Waals surface area contributed by atoms with Crippen molar-refractivity contribution < 1.29 is 9.59 Å². The summed E-state index contributed by atoms with van der Waals surface area (Å²) in [5, 5.41) is 9.09. The molecule has 27 heavy (non-hydrogen) atoms. The number of piperidine rings is 1. The Morgan fingerprint density at radius 1 is 1.33 bits per heavy atom. The van der Waals surface area contributed by atoms with E-state index in [1.54, 1.807) is 13.8 Å². The van der Waals surface area contributed by atoms with Crippen molar-refractivity contribution in [3.63, 3.8) is 0 Å². The Hall–Kier alpha value is -1.86. The highest BCUT2D eigenvalue weighted by Gasteiger charge is 2.20. The van der Waals surface area contributed by atoms with Gasteiger partial charge in [0, 0.05) is 24.3 Å². The normalized spacial score (nSPS) is 16.6. The van der Waals surface area contributed by atoms with Crippen LogP contribution in [0.4, 0.5) is 0 Å². The summed E-state index contributed by atoms with van der Waals surface area (Å²) >= 11 is 0. The molecular formula is C19H31ClN4O3. The SMILES string of the molecule is Cc1cc(=O)n(CC(=O)NC(C)C)c(C)c1C(=O)NCC1CCCNC1.Cl. The van der Waals surface area contributed by atoms with Gasteiger partial charge < -0.3 is 20.5 Å². The van der Waals surface area contributed by atoms with Crippen molar-refractivity contribution in [3.8, 4) is 0 Å². The average Bonchev–Trinajstić information content (AvgIpc) is 2.57. The summed E-state index contributed by atoms with van der Waals surface area (Å²) in [6, 6.07) is 1.42. The lowest BCUT2D eigenvalue weighted by Crippen LogP contribution is -2.40. The zero-order valence-electron chi connectivity index (χ0n) is 16.6. The van der Waals surface area contributed by atoms with Crippen LogP contribution in [0.25, 0.3) is 0 Å². The van der Waals surface area contributed by atoms with Gasteiger partial charge in [0.1, 0.15) is 6.54 Å². The molecule has 1 aromatic heterocycles. The van der Waals surface area contributed by atoms with E-state index in [1.807, 2.05) is 13.8 Å². The predicted molar refractivity (Wildman–Crippen MR) is 109 cm³/mol. The molecule has 0 spiro atoms. The minimum atomic E-state index is -0.271. The third-order valence-electron chi connectivity index (χ3n) is 4.70. The van der Waals surface area contributed by atoms with Crippen LogP contribution in [0.3, 0.4) is 0 Å². The molecule has 1 aromatic rings. The second-order valence-corrected chi connectivity index (χ2v) is 7.36. The highest BCUT2D eigenvalue weighted by molar-refractivity contribution is 5.96. The molecule has 2 rings (SSSR count). The monoisotopic (exact) mass is 398 g/mol. The standard InChI is InChI=1S/C19H30N4O3.ClH/c1-12(2)22-16(24)11-23-14(4)18(13(3)8-17(23)25)19(26)21-10-15-6-5-7-20-9-15;/h8,12,15,20H,5-7,9-11H2,1-4H3,(H,21,26)(H,22,24);1H. The maximum atomic E-state index is 12.7. The van der Waals surface area contributed by atoms with Gasteiger partial charge in [0.15, 0.2) is 0 Å². The number of rotatable bonds is 6. The lowest BCUT2D eigenvalue weighted by Gasteiger charge is -2.23. The molecule has 0 radical (unpaired) electrons. The number of aromatic nitrogens is 1. The van der Waals surface area contributed by atoms with E-state index in [-0.39, 0.29) is 42.4 Å². The Balaban J connectivity index is 0.00000364. The first-order valence-electron chi connectivity index (χ1n) is 9.29. The van der Waals surface area contributed by atoms with Crippen molar-refractivity contribution in [2.45, 2.75) is 53.1 Å². The van der Waals surface area contributed by atoms with E-state index in [0.717, 1.165) is 25.9 Å². The summed E-state index contributed by atoms with van der Waals surface area (Å²) in [4.78, 5) is 37.1. The van der Waals surface area contributed by atoms with Crippen LogP contribution in [0.15, 0.2) is 10.9 Å². The van der Waals surface area contributed by atoms with Gasteiger partial charge in [0.2, 0.25) is 5.91 Å². The molecule has 0 bridgehead atoms. The molecule has 1 unspecified atom stereocenters. The zero-order valence-corrected chi connectivity index (χ0v) is 17.4. The Morgan fingerprint density at radius 3 is 2.63 bits per heavy atom. The molecule has 1 fully saturated rings. The molecule has 1 atom stereocenters. The van der Waals surface area contributed by atoms with Gasteiger partial charge in [-0.3, -0.25) is 14.4 Å². The van der Waals surface area contributed by atoms with Crippen molar-refractivity contribution in [3.05, 3.63) is 33.2 Å². The molecule has 0 aromatic carbocycles. The molecule has 1 saturated heterocycles. The number of amides is 2. The van der Waals surface area contributed by atoms with Gasteiger partial charge in [-0.2, -0.15) is 0 Å². The highest BCUT2D eigenvalue weighted by Crippen LogP contribution is 2.13. The van der Waals surface area contributed by atoms with Crippen LogP contribution in [0, 0.1) is 19.8 Å². The fourth-order valence-corrected chi connectivity index (χ4v) is 3.40. The third kappa shape index (κ3) is 6.36. The van der Waals surface area contributed by atoms with E-state index in [0.29, 0.717) is 29.3 Å². The smallest absolute Gasteiger partial charge is 0.253 e. The minimum absolute atomic E-state index is 0. The summed E-state index contributed by atoms with van der Waals surface area (Å²) in [6.45, 7) is 9.66. The Kier molecular flexibility index (Phi) is 8.99. The van der Waals surface area contributed by atoms with Crippen molar-refractivity contribution in [1.29, 1.82) is 0 Å². The molecule has 2 heterocycles. The van der Waals surface area contributed by atoms with E-state index in [9.17, 15) is 14.4 Å². The Morgan fingerprint density at radius 2 is 2.04 bits per heavy atom. The first-order valence-corrected chi connectivity index (χ1v) is 9.29. The lowest BCUT2D eigenvalue weighted by atomic mass is 9.99. The largest absolute Gasteiger partial charge is 0.352 e. The van der Waals surface area contributed by atoms with Crippen LogP contribution in [-0.2, 0) is 11.3 Å². The van der Waals surface area contributed by atoms with Gasteiger partial charge in [-0.05, 0) is 65.1 Å². The predicted octanol–water partition coefficient (Wildman–Crippen LogP) is 1.14. The van der Waals surface area contributed by atoms with E-state index in [2.05, 4.69) is 16.0 Å². The fourth-order valence-electron chi connectivity index (χ4n) is 3.40. The van der Waals surface area contributed by atoms with E-state index in [1.165, 1.54) is 10.6 Å². The van der Waals surface area contributed by atoms with Gasteiger partial charge in [-0.25, -0.2) is 0 Å². The summed E-state index contributed by atoms with van der Waals surface area (Å²) in [7, 11) is 0. The molecule has 2 amide bonds. The van der Waals surface area contributed by atoms with Gasteiger partial charge in [0.05, 0.1) is 5.56 Å². The molecule has 152 valence electrons. The van der Waals surface area contributed by atoms with E-state index in [4.69, 9.17) is 0 Å². The van der Waals surface area contributed by atoms with Gasteiger partial charge in [-0.1, -0.05) is 0 Å². The van der Waals surface area contributed by atoms with Crippen LogP contribution in [0.2, 0.25) is 0 Å². The first-order chi connectivity index (χ1) is 12.3. The number of halogens is 1. The maximum Gasteiger partial charge on any atom is 0.253 e. The summed E-state index contributed by atoms with van der Waals surface area (Å²) in [5.74, 6) is -0.00619. The molecule has 1 aliphatic rings. The third-order valence-corrected chi connectivity index (χ3v) is 4.70. The number of hydrogen-bond acceptors (Lipinski definition) is 4. The zero-order chi connectivity index (χ0) is 19.3. The van der Waals surface area contributed by atoms with Crippen molar-refractivity contribution >= 4 is 24.2 Å². The Labute approximate surface area is 166 Å². The number of pyridine rings is 1. The van der Waals surface area contributed by atoms with Crippen molar-refractivity contribution in [1.82, 2.24) is 20.5 Å². The highest BCUT2D eigenvalue weighted by atomic mass is 35.5. The van der Waals surface area contributed by atoms with Gasteiger partial charge in [-0.15, -0.1) is 12.4 Å². The summed E-state index contributed by atoms with van der Waals surface area (Å²) in [5.41, 5.74) is 1.36. The summed E-state index contributed by atoms with van der Waals surface area (Å²) in [6.07, 6.45) is 2.22. The molecule has 0 saturated carbocycles. The number of nitrogens with one attached hydrogen (secondary N) is 3. The topological polar surface area (TPSA) is 92.2 Å². The lowest BCUT2D eigenvalue weighted by molar-refractivity contribution is -0.122. The molecular weight excluding hydrogens is 368 g/mol. The molecule has 0 aliphatic carbocycles. The van der Waals surface area contributed by atoms with Crippen LogP contribution in [0.1, 0.15) is 48.3 Å². The molecule has 1 aliphatic heterocycles. The second-order valence-electron chi connectivity index (χ2n) is 7.36. The number of hydrogen-bond donors (Lipinski definition) is 3. The van der Waals surface area contributed by atoms with Gasteiger partial charge in [0.25, 0.3) is 11.5 Å². The maximum absolute atomic E-state index is 12.7. The summed E-state index contributed by atoms with van der Waals surface area (Å²) < 4.78 is 1.36. The molecule has 3 N–H and O–H groups in total. The van der Waals surface area contributed by atoms with Crippen LogP contribution < -0.4 is 21.5 Å². The van der Waals surface area contributed by atoms with Crippen molar-refractivity contribution in [2.24, 2.45) is 5.92 Å². The second kappa shape index (κ2) is 10.5. The van der Waals surface area contributed by atoms with E-state index < -0.39 is 0 Å². The van der Waals surface area contributed by atoms with Crippen LogP contribution >= 0.6 is 12.4 Å². The van der Waals surface area contributed by atoms with Crippen LogP contribution in [-0.4, -0.2) is 42.1 Å². The number of carbonyl (C=O) groups is 2. The molecule has 8 heteroatoms. The fraction of sp³-hybridized carbons (Fsp3) is 0.632. The quantitative estimate of drug-likeness (QED) is 0.670. The minimum Gasteiger partial charge on any atom is -0.352 e.